The quantitative estimate of drug-likeness (QED) is 0.677. The van der Waals surface area contributed by atoms with Crippen molar-refractivity contribution in [3.05, 3.63) is 47.3 Å². The molecular weight excluding hydrogens is 322 g/mol. The molecule has 0 spiro atoms. The molecule has 0 saturated carbocycles. The van der Waals surface area contributed by atoms with Crippen molar-refractivity contribution in [2.75, 3.05) is 6.54 Å². The predicted octanol–water partition coefficient (Wildman–Crippen LogP) is 3.31. The molecule has 142 valence electrons. The van der Waals surface area contributed by atoms with E-state index in [1.165, 1.54) is 24.1 Å². The normalized spacial score (nSPS) is 17.9. The summed E-state index contributed by atoms with van der Waals surface area (Å²) in [5.74, 6) is 1.13. The number of rotatable bonds is 9. The van der Waals surface area contributed by atoms with Crippen molar-refractivity contribution < 1.29 is 0 Å². The lowest BCUT2D eigenvalue weighted by atomic mass is 9.92. The first-order valence-electron chi connectivity index (χ1n) is 10.1. The minimum atomic E-state index is 0.172. The molecule has 2 aromatic heterocycles. The molecule has 1 aliphatic rings. The largest absolute Gasteiger partial charge is 0.335 e. The third kappa shape index (κ3) is 4.92. The van der Waals surface area contributed by atoms with Gasteiger partial charge in [0.1, 0.15) is 5.82 Å². The van der Waals surface area contributed by atoms with Gasteiger partial charge in [-0.15, -0.1) is 0 Å². The zero-order valence-electron chi connectivity index (χ0n) is 16.2. The molecule has 0 fully saturated rings. The average Bonchev–Trinajstić information content (AvgIpc) is 2.98. The number of fused-ring (bicyclic) bond motifs is 1. The highest BCUT2D eigenvalue weighted by Gasteiger charge is 2.20. The fourth-order valence-corrected chi connectivity index (χ4v) is 3.98. The Morgan fingerprint density at radius 2 is 2.31 bits per heavy atom. The van der Waals surface area contributed by atoms with Crippen molar-refractivity contribution in [1.29, 1.82) is 0 Å². The minimum Gasteiger partial charge on any atom is -0.335 e. The Morgan fingerprint density at radius 1 is 1.42 bits per heavy atom. The first-order chi connectivity index (χ1) is 12.7. The zero-order valence-corrected chi connectivity index (χ0v) is 16.2. The number of hydrogen-bond acceptors (Lipinski definition) is 4. The summed E-state index contributed by atoms with van der Waals surface area (Å²) in [4.78, 5) is 9.26. The van der Waals surface area contributed by atoms with E-state index in [-0.39, 0.29) is 6.04 Å². The van der Waals surface area contributed by atoms with Crippen molar-refractivity contribution in [1.82, 2.24) is 19.9 Å². The van der Waals surface area contributed by atoms with Crippen molar-refractivity contribution >= 4 is 0 Å². The van der Waals surface area contributed by atoms with Gasteiger partial charge < -0.3 is 15.6 Å². The molecule has 3 rings (SSSR count). The second-order valence-electron chi connectivity index (χ2n) is 7.55. The van der Waals surface area contributed by atoms with E-state index in [4.69, 9.17) is 5.73 Å². The summed E-state index contributed by atoms with van der Waals surface area (Å²) in [6, 6.07) is 4.84. The van der Waals surface area contributed by atoms with Crippen molar-refractivity contribution in [3.8, 4) is 0 Å². The Balaban J connectivity index is 1.43. The van der Waals surface area contributed by atoms with Gasteiger partial charge in [-0.2, -0.15) is 0 Å². The molecule has 0 radical (unpaired) electrons. The second kappa shape index (κ2) is 9.28. The van der Waals surface area contributed by atoms with Gasteiger partial charge >= 0.3 is 0 Å². The number of imidazole rings is 1. The van der Waals surface area contributed by atoms with Gasteiger partial charge in [0.25, 0.3) is 0 Å². The third-order valence-corrected chi connectivity index (χ3v) is 5.23. The van der Waals surface area contributed by atoms with Crippen LogP contribution >= 0.6 is 0 Å². The highest BCUT2D eigenvalue weighted by molar-refractivity contribution is 5.25. The molecule has 2 aromatic rings. The highest BCUT2D eigenvalue weighted by atomic mass is 15.1. The Labute approximate surface area is 157 Å². The van der Waals surface area contributed by atoms with Gasteiger partial charge in [0.2, 0.25) is 0 Å². The fraction of sp³-hybridized carbons (Fsp3) is 0.619. The molecule has 1 aliphatic carbocycles. The summed E-state index contributed by atoms with van der Waals surface area (Å²) >= 11 is 0. The van der Waals surface area contributed by atoms with Crippen LogP contribution in [0.3, 0.4) is 0 Å². The van der Waals surface area contributed by atoms with Gasteiger partial charge in [-0.05, 0) is 63.6 Å². The summed E-state index contributed by atoms with van der Waals surface area (Å²) < 4.78 is 2.26. The zero-order chi connectivity index (χ0) is 18.4. The summed E-state index contributed by atoms with van der Waals surface area (Å²) in [5, 5.41) is 3.69. The summed E-state index contributed by atoms with van der Waals surface area (Å²) in [6.07, 6.45) is 11.7. The van der Waals surface area contributed by atoms with E-state index in [1.54, 1.807) is 0 Å². The lowest BCUT2D eigenvalue weighted by Gasteiger charge is -2.25. The first-order valence-corrected chi connectivity index (χ1v) is 10.1. The third-order valence-electron chi connectivity index (χ3n) is 5.23. The van der Waals surface area contributed by atoms with Crippen LogP contribution in [-0.4, -0.2) is 27.1 Å². The lowest BCUT2D eigenvalue weighted by Crippen LogP contribution is -2.29. The highest BCUT2D eigenvalue weighted by Crippen LogP contribution is 2.27. The molecule has 2 heterocycles. The van der Waals surface area contributed by atoms with E-state index in [0.29, 0.717) is 6.04 Å². The number of pyridine rings is 1. The maximum Gasteiger partial charge on any atom is 0.110 e. The van der Waals surface area contributed by atoms with Crippen LogP contribution in [0.5, 0.6) is 0 Å². The van der Waals surface area contributed by atoms with Crippen LogP contribution in [0.25, 0.3) is 0 Å². The topological polar surface area (TPSA) is 68.8 Å². The molecule has 5 nitrogen and oxygen atoms in total. The molecule has 0 aliphatic heterocycles. The lowest BCUT2D eigenvalue weighted by molar-refractivity contribution is 0.432. The Hall–Kier alpha value is -1.72. The van der Waals surface area contributed by atoms with Crippen molar-refractivity contribution in [3.63, 3.8) is 0 Å². The Bertz CT molecular complexity index is 693. The first kappa shape index (κ1) is 19.1. The number of nitrogens with one attached hydrogen (secondary N) is 1. The van der Waals surface area contributed by atoms with E-state index in [9.17, 15) is 0 Å². The summed E-state index contributed by atoms with van der Waals surface area (Å²) in [6.45, 7) is 6.28. The Morgan fingerprint density at radius 3 is 3.15 bits per heavy atom. The number of nitrogens with two attached hydrogens (primary N) is 1. The predicted molar refractivity (Wildman–Crippen MR) is 106 cm³/mol. The summed E-state index contributed by atoms with van der Waals surface area (Å²) in [5.41, 5.74) is 10.1. The maximum absolute atomic E-state index is 6.38. The molecule has 2 unspecified atom stereocenters. The van der Waals surface area contributed by atoms with Crippen LogP contribution in [0, 0.1) is 6.92 Å². The number of hydrogen-bond donors (Lipinski definition) is 2. The van der Waals surface area contributed by atoms with Crippen molar-refractivity contribution in [2.45, 2.75) is 77.4 Å². The fourth-order valence-electron chi connectivity index (χ4n) is 3.98. The number of aryl methyl sites for hydroxylation is 3. The molecule has 0 saturated heterocycles. The molecule has 0 aromatic carbocycles. The van der Waals surface area contributed by atoms with E-state index in [2.05, 4.69) is 46.0 Å². The van der Waals surface area contributed by atoms with E-state index < -0.39 is 0 Å². The van der Waals surface area contributed by atoms with Crippen LogP contribution in [0.1, 0.15) is 67.8 Å². The smallest absolute Gasteiger partial charge is 0.110 e. The van der Waals surface area contributed by atoms with Crippen LogP contribution < -0.4 is 11.1 Å². The van der Waals surface area contributed by atoms with E-state index in [1.807, 2.05) is 12.3 Å². The van der Waals surface area contributed by atoms with Crippen LogP contribution in [0.4, 0.5) is 0 Å². The maximum atomic E-state index is 6.38. The molecule has 26 heavy (non-hydrogen) atoms. The molecule has 3 N–H and O–H groups in total. The van der Waals surface area contributed by atoms with E-state index in [0.717, 1.165) is 56.7 Å². The minimum absolute atomic E-state index is 0.172. The van der Waals surface area contributed by atoms with Crippen molar-refractivity contribution in [2.24, 2.45) is 5.73 Å². The number of nitrogens with zero attached hydrogens (tertiary/aromatic N) is 3. The molecule has 5 heteroatoms. The van der Waals surface area contributed by atoms with Gasteiger partial charge in [0.15, 0.2) is 0 Å². The molecular formula is C21H33N5. The molecule has 0 amide bonds. The van der Waals surface area contributed by atoms with Gasteiger partial charge in [-0.1, -0.05) is 13.0 Å². The Kier molecular flexibility index (Phi) is 6.80. The van der Waals surface area contributed by atoms with Crippen LogP contribution in [0.15, 0.2) is 24.5 Å². The van der Waals surface area contributed by atoms with E-state index >= 15 is 0 Å². The van der Waals surface area contributed by atoms with Gasteiger partial charge in [0.05, 0.1) is 11.4 Å². The average molecular weight is 356 g/mol. The van der Waals surface area contributed by atoms with Crippen LogP contribution in [-0.2, 0) is 19.4 Å². The van der Waals surface area contributed by atoms with Gasteiger partial charge in [-0.25, -0.2) is 4.98 Å². The summed E-state index contributed by atoms with van der Waals surface area (Å²) in [7, 11) is 0. The molecule has 2 atom stereocenters. The SMILES string of the molecule is CCCn1cc(C)nc1CC(N)CCCNC1CCCc2cccnc21. The standard InChI is InChI=1S/C21H33N5/c1-3-13-26-15-16(2)25-20(26)14-18(22)9-6-11-23-19-10-4-7-17-8-5-12-24-21(17)19/h5,8,12,15,18-19,23H,3-4,6-7,9-11,13-14,22H2,1-2H3. The monoisotopic (exact) mass is 355 g/mol. The van der Waals surface area contributed by atoms with Gasteiger partial charge in [0, 0.05) is 37.4 Å². The molecule has 0 bridgehead atoms. The second-order valence-corrected chi connectivity index (χ2v) is 7.55. The van der Waals surface area contributed by atoms with Gasteiger partial charge in [-0.3, -0.25) is 4.98 Å². The number of aromatic nitrogens is 3. The van der Waals surface area contributed by atoms with Crippen LogP contribution in [0.2, 0.25) is 0 Å².